The summed E-state index contributed by atoms with van der Waals surface area (Å²) in [7, 11) is 0. The Balaban J connectivity index is 1.38. The van der Waals surface area contributed by atoms with Gasteiger partial charge in [0.15, 0.2) is 0 Å². The van der Waals surface area contributed by atoms with E-state index in [0.29, 0.717) is 11.7 Å². The molecule has 0 unspecified atom stereocenters. The van der Waals surface area contributed by atoms with Crippen molar-refractivity contribution >= 4 is 23.3 Å². The molecule has 3 N–H and O–H groups in total. The van der Waals surface area contributed by atoms with Crippen LogP contribution in [-0.4, -0.2) is 18.0 Å². The van der Waals surface area contributed by atoms with Gasteiger partial charge < -0.3 is 16.0 Å². The Morgan fingerprint density at radius 3 is 2.00 bits per heavy atom. The second kappa shape index (κ2) is 6.24. The van der Waals surface area contributed by atoms with E-state index < -0.39 is 0 Å². The van der Waals surface area contributed by atoms with Crippen LogP contribution in [0.5, 0.6) is 0 Å². The fraction of sp³-hybridized carbons (Fsp3) is 0.300. The second-order valence-electron chi connectivity index (χ2n) is 6.85. The van der Waals surface area contributed by atoms with Crippen molar-refractivity contribution in [3.8, 4) is 0 Å². The number of anilines is 2. The molecule has 0 aliphatic heterocycles. The molecule has 0 bridgehead atoms. The normalized spacial score (nSPS) is 17.4. The van der Waals surface area contributed by atoms with Crippen LogP contribution in [0.1, 0.15) is 31.2 Å². The average Bonchev–Trinajstić information content (AvgIpc) is 3.52. The van der Waals surface area contributed by atoms with Crippen LogP contribution in [0, 0.1) is 0 Å². The molecule has 128 valence electrons. The van der Waals surface area contributed by atoms with E-state index >= 15 is 0 Å². The number of hydrogen-bond donors (Lipinski definition) is 3. The molecule has 5 heteroatoms. The predicted molar refractivity (Wildman–Crippen MR) is 97.6 cm³/mol. The van der Waals surface area contributed by atoms with Gasteiger partial charge in [0.25, 0.3) is 0 Å². The van der Waals surface area contributed by atoms with Gasteiger partial charge in [-0.1, -0.05) is 30.3 Å². The first kappa shape index (κ1) is 15.7. The number of hydrogen-bond acceptors (Lipinski definition) is 2. The Morgan fingerprint density at radius 1 is 0.840 bits per heavy atom. The molecule has 2 fully saturated rings. The molecule has 2 aliphatic rings. The predicted octanol–water partition coefficient (Wildman–Crippen LogP) is 3.64. The molecule has 3 amide bonds. The summed E-state index contributed by atoms with van der Waals surface area (Å²) < 4.78 is 0. The summed E-state index contributed by atoms with van der Waals surface area (Å²) >= 11 is 0. The van der Waals surface area contributed by atoms with Crippen LogP contribution in [0.2, 0.25) is 0 Å². The van der Waals surface area contributed by atoms with Crippen LogP contribution < -0.4 is 16.0 Å². The fourth-order valence-corrected chi connectivity index (χ4v) is 3.00. The van der Waals surface area contributed by atoms with E-state index in [4.69, 9.17) is 0 Å². The monoisotopic (exact) mass is 335 g/mol. The molecule has 5 nitrogen and oxygen atoms in total. The number of amides is 3. The smallest absolute Gasteiger partial charge is 0.319 e. The van der Waals surface area contributed by atoms with Gasteiger partial charge in [0, 0.05) is 17.4 Å². The Labute approximate surface area is 146 Å². The average molecular weight is 335 g/mol. The number of rotatable bonds is 5. The zero-order valence-corrected chi connectivity index (χ0v) is 13.9. The SMILES string of the molecule is O=C(Nc1ccc(NC(=O)C2(c3ccccc3)CC2)cc1)NC1CC1. The molecule has 2 aliphatic carbocycles. The third kappa shape index (κ3) is 3.50. The van der Waals surface area contributed by atoms with Crippen LogP contribution in [0.4, 0.5) is 16.2 Å². The van der Waals surface area contributed by atoms with E-state index in [-0.39, 0.29) is 17.4 Å². The maximum absolute atomic E-state index is 12.7. The van der Waals surface area contributed by atoms with E-state index in [1.807, 2.05) is 42.5 Å². The first-order valence-corrected chi connectivity index (χ1v) is 8.70. The number of benzene rings is 2. The fourth-order valence-electron chi connectivity index (χ4n) is 3.00. The first-order chi connectivity index (χ1) is 12.2. The van der Waals surface area contributed by atoms with Gasteiger partial charge in [0.1, 0.15) is 0 Å². The van der Waals surface area contributed by atoms with Gasteiger partial charge in [-0.2, -0.15) is 0 Å². The second-order valence-corrected chi connectivity index (χ2v) is 6.85. The topological polar surface area (TPSA) is 70.2 Å². The maximum atomic E-state index is 12.7. The molecule has 0 aromatic heterocycles. The van der Waals surface area contributed by atoms with Crippen LogP contribution >= 0.6 is 0 Å². The third-order valence-corrected chi connectivity index (χ3v) is 4.82. The first-order valence-electron chi connectivity index (χ1n) is 8.70. The van der Waals surface area contributed by atoms with Gasteiger partial charge in [-0.25, -0.2) is 4.79 Å². The highest BCUT2D eigenvalue weighted by molar-refractivity contribution is 6.01. The Kier molecular flexibility index (Phi) is 3.92. The highest BCUT2D eigenvalue weighted by Crippen LogP contribution is 2.48. The Morgan fingerprint density at radius 2 is 1.44 bits per heavy atom. The lowest BCUT2D eigenvalue weighted by atomic mass is 9.95. The molecule has 0 saturated heterocycles. The van der Waals surface area contributed by atoms with Crippen molar-refractivity contribution in [3.63, 3.8) is 0 Å². The minimum Gasteiger partial charge on any atom is -0.335 e. The van der Waals surface area contributed by atoms with E-state index in [1.165, 1.54) is 0 Å². The van der Waals surface area contributed by atoms with Crippen molar-refractivity contribution in [2.75, 3.05) is 10.6 Å². The number of carbonyl (C=O) groups is 2. The molecule has 25 heavy (non-hydrogen) atoms. The van der Waals surface area contributed by atoms with Gasteiger partial charge in [-0.05, 0) is 55.5 Å². The highest BCUT2D eigenvalue weighted by Gasteiger charge is 2.51. The van der Waals surface area contributed by atoms with E-state index in [2.05, 4.69) is 16.0 Å². The van der Waals surface area contributed by atoms with E-state index in [9.17, 15) is 9.59 Å². The molecule has 0 radical (unpaired) electrons. The summed E-state index contributed by atoms with van der Waals surface area (Å²) in [5.41, 5.74) is 2.13. The van der Waals surface area contributed by atoms with Gasteiger partial charge in [0.2, 0.25) is 5.91 Å². The lowest BCUT2D eigenvalue weighted by Crippen LogP contribution is -2.30. The van der Waals surface area contributed by atoms with Gasteiger partial charge in [-0.3, -0.25) is 4.79 Å². The molecule has 2 aromatic rings. The van der Waals surface area contributed by atoms with Gasteiger partial charge in [0.05, 0.1) is 5.41 Å². The summed E-state index contributed by atoms with van der Waals surface area (Å²) in [6.07, 6.45) is 3.87. The minimum absolute atomic E-state index is 0.0332. The Bertz CT molecular complexity index is 778. The van der Waals surface area contributed by atoms with Crippen molar-refractivity contribution in [2.45, 2.75) is 37.1 Å². The Hall–Kier alpha value is -2.82. The molecule has 0 heterocycles. The van der Waals surface area contributed by atoms with Crippen LogP contribution in [-0.2, 0) is 10.2 Å². The molecule has 2 saturated carbocycles. The molecular formula is C20H21N3O2. The standard InChI is InChI=1S/C20H21N3O2/c24-18(20(12-13-20)14-4-2-1-3-5-14)21-15-6-8-16(9-7-15)22-19(25)23-17-10-11-17/h1-9,17H,10-13H2,(H,21,24)(H2,22,23,25). The number of carbonyl (C=O) groups excluding carboxylic acids is 2. The van der Waals surface area contributed by atoms with Gasteiger partial charge in [-0.15, -0.1) is 0 Å². The molecule has 0 atom stereocenters. The quantitative estimate of drug-likeness (QED) is 0.781. The summed E-state index contributed by atoms with van der Waals surface area (Å²) in [6.45, 7) is 0. The molecular weight excluding hydrogens is 314 g/mol. The molecule has 2 aromatic carbocycles. The van der Waals surface area contributed by atoms with Crippen molar-refractivity contribution in [3.05, 3.63) is 60.2 Å². The van der Waals surface area contributed by atoms with E-state index in [1.54, 1.807) is 12.1 Å². The van der Waals surface area contributed by atoms with Crippen molar-refractivity contribution in [2.24, 2.45) is 0 Å². The zero-order chi connectivity index (χ0) is 17.3. The summed E-state index contributed by atoms with van der Waals surface area (Å²) in [6, 6.07) is 17.3. The van der Waals surface area contributed by atoms with E-state index in [0.717, 1.165) is 36.9 Å². The summed E-state index contributed by atoms with van der Waals surface area (Å²) in [4.78, 5) is 24.4. The number of urea groups is 1. The van der Waals surface area contributed by atoms with Gasteiger partial charge >= 0.3 is 6.03 Å². The van der Waals surface area contributed by atoms with Crippen molar-refractivity contribution < 1.29 is 9.59 Å². The van der Waals surface area contributed by atoms with Crippen LogP contribution in [0.3, 0.4) is 0 Å². The zero-order valence-electron chi connectivity index (χ0n) is 13.9. The molecule has 4 rings (SSSR count). The lowest BCUT2D eigenvalue weighted by Gasteiger charge is -2.16. The van der Waals surface area contributed by atoms with Crippen molar-refractivity contribution in [1.82, 2.24) is 5.32 Å². The summed E-state index contributed by atoms with van der Waals surface area (Å²) in [5.74, 6) is 0.0332. The van der Waals surface area contributed by atoms with Crippen LogP contribution in [0.15, 0.2) is 54.6 Å². The molecule has 0 spiro atoms. The third-order valence-electron chi connectivity index (χ3n) is 4.82. The number of nitrogens with one attached hydrogen (secondary N) is 3. The maximum Gasteiger partial charge on any atom is 0.319 e. The highest BCUT2D eigenvalue weighted by atomic mass is 16.2. The van der Waals surface area contributed by atoms with Crippen LogP contribution in [0.25, 0.3) is 0 Å². The summed E-state index contributed by atoms with van der Waals surface area (Å²) in [5, 5.41) is 8.67. The van der Waals surface area contributed by atoms with Crippen molar-refractivity contribution in [1.29, 1.82) is 0 Å². The lowest BCUT2D eigenvalue weighted by molar-refractivity contribution is -0.118. The largest absolute Gasteiger partial charge is 0.335 e. The minimum atomic E-state index is -0.387.